The van der Waals surface area contributed by atoms with Crippen LogP contribution in [0.25, 0.3) is 22.1 Å². The van der Waals surface area contributed by atoms with Crippen molar-refractivity contribution in [2.45, 2.75) is 26.5 Å². The molecule has 1 N–H and O–H groups in total. The number of hydrogen-bond acceptors (Lipinski definition) is 7. The first-order valence-corrected chi connectivity index (χ1v) is 9.81. The van der Waals surface area contributed by atoms with Gasteiger partial charge >= 0.3 is 5.97 Å². The molecule has 2 aromatic carbocycles. The Labute approximate surface area is 181 Å². The van der Waals surface area contributed by atoms with Crippen LogP contribution in [0.2, 0.25) is 0 Å². The number of para-hydroxylation sites is 1. The summed E-state index contributed by atoms with van der Waals surface area (Å²) in [5.41, 5.74) is 1.34. The number of esters is 1. The quantitative estimate of drug-likeness (QED) is 0.367. The van der Waals surface area contributed by atoms with E-state index in [-0.39, 0.29) is 11.5 Å². The maximum Gasteiger partial charge on any atom is 0.326 e. The molecule has 0 bridgehead atoms. The average molecular weight is 433 g/mol. The number of ketones is 1. The van der Waals surface area contributed by atoms with Gasteiger partial charge in [-0.3, -0.25) is 23.7 Å². The first-order valence-electron chi connectivity index (χ1n) is 9.81. The molecule has 0 radical (unpaired) electrons. The lowest BCUT2D eigenvalue weighted by Crippen LogP contribution is -2.30. The van der Waals surface area contributed by atoms with E-state index >= 15 is 0 Å². The Morgan fingerprint density at radius 3 is 2.56 bits per heavy atom. The second kappa shape index (κ2) is 8.46. The van der Waals surface area contributed by atoms with Gasteiger partial charge in [0, 0.05) is 23.6 Å². The van der Waals surface area contributed by atoms with E-state index < -0.39 is 30.0 Å². The number of nitrogens with one attached hydrogen (secondary N) is 1. The first kappa shape index (κ1) is 21.0. The molecule has 1 unspecified atom stereocenters. The topological polar surface area (TPSA) is 120 Å². The van der Waals surface area contributed by atoms with E-state index in [0.717, 1.165) is 4.57 Å². The largest absolute Gasteiger partial charge is 0.453 e. The summed E-state index contributed by atoms with van der Waals surface area (Å²) in [5, 5.41) is 3.31. The Bertz CT molecular complexity index is 1400. The lowest BCUT2D eigenvalue weighted by atomic mass is 10.1. The summed E-state index contributed by atoms with van der Waals surface area (Å²) in [6.45, 7) is 2.41. The van der Waals surface area contributed by atoms with Gasteiger partial charge in [-0.2, -0.15) is 0 Å². The summed E-state index contributed by atoms with van der Waals surface area (Å²) < 4.78 is 11.9. The molecular weight excluding hydrogens is 414 g/mol. The Kier molecular flexibility index (Phi) is 5.55. The van der Waals surface area contributed by atoms with Crippen LogP contribution in [0, 0.1) is 0 Å². The van der Waals surface area contributed by atoms with Crippen molar-refractivity contribution < 1.29 is 23.5 Å². The second-order valence-electron chi connectivity index (χ2n) is 7.21. The Hall–Kier alpha value is -4.27. The fraction of sp³-hybridized carbons (Fsp3) is 0.174. The molecule has 4 aromatic rings. The lowest BCUT2D eigenvalue weighted by Gasteiger charge is -2.13. The zero-order valence-corrected chi connectivity index (χ0v) is 17.3. The number of aromatic nitrogens is 2. The van der Waals surface area contributed by atoms with Gasteiger partial charge in [-0.05, 0) is 43.3 Å². The number of fused-ring (bicyclic) bond motifs is 3. The van der Waals surface area contributed by atoms with Gasteiger partial charge in [-0.1, -0.05) is 12.1 Å². The number of carbonyl (C=O) groups excluding carboxylic acids is 3. The minimum absolute atomic E-state index is 0.0462. The molecule has 2 aromatic heterocycles. The van der Waals surface area contributed by atoms with E-state index in [2.05, 4.69) is 10.3 Å². The molecular formula is C23H19N3O6. The summed E-state index contributed by atoms with van der Waals surface area (Å²) in [6.07, 6.45) is 0.189. The van der Waals surface area contributed by atoms with Crippen molar-refractivity contribution in [2.75, 3.05) is 5.32 Å². The van der Waals surface area contributed by atoms with Crippen LogP contribution >= 0.6 is 0 Å². The summed E-state index contributed by atoms with van der Waals surface area (Å²) in [7, 11) is 0. The van der Waals surface area contributed by atoms with Crippen molar-refractivity contribution in [1.82, 2.24) is 9.55 Å². The predicted octanol–water partition coefficient (Wildman–Crippen LogP) is 2.92. The summed E-state index contributed by atoms with van der Waals surface area (Å²) >= 11 is 0. The molecule has 1 atom stereocenters. The van der Waals surface area contributed by atoms with Gasteiger partial charge in [0.2, 0.25) is 17.3 Å². The van der Waals surface area contributed by atoms with Crippen molar-refractivity contribution >= 4 is 45.4 Å². The van der Waals surface area contributed by atoms with Crippen LogP contribution in [0.4, 0.5) is 5.69 Å². The molecule has 0 saturated heterocycles. The first-order chi connectivity index (χ1) is 15.3. The number of Topliss-reactive ketones (excluding diaryl/α,β-unsaturated/α-hetero) is 1. The summed E-state index contributed by atoms with van der Waals surface area (Å²) in [5.74, 6) is -1.40. The number of rotatable bonds is 6. The monoisotopic (exact) mass is 433 g/mol. The Balaban J connectivity index is 1.46. The maximum atomic E-state index is 12.7. The van der Waals surface area contributed by atoms with Crippen molar-refractivity contribution in [2.24, 2.45) is 0 Å². The van der Waals surface area contributed by atoms with E-state index in [1.807, 2.05) is 6.07 Å². The second-order valence-corrected chi connectivity index (χ2v) is 7.21. The molecule has 0 saturated carbocycles. The van der Waals surface area contributed by atoms with E-state index in [9.17, 15) is 19.2 Å². The molecule has 1 amide bonds. The van der Waals surface area contributed by atoms with E-state index in [4.69, 9.17) is 9.15 Å². The third-order valence-electron chi connectivity index (χ3n) is 4.82. The normalized spacial score (nSPS) is 11.9. The van der Waals surface area contributed by atoms with Crippen LogP contribution in [0.15, 0.2) is 64.1 Å². The van der Waals surface area contributed by atoms with E-state index in [1.54, 1.807) is 30.3 Å². The molecule has 4 rings (SSSR count). The fourth-order valence-electron chi connectivity index (χ4n) is 3.31. The number of nitrogens with zero attached hydrogens (tertiary/aromatic N) is 2. The van der Waals surface area contributed by atoms with Crippen molar-refractivity contribution in [3.05, 3.63) is 70.8 Å². The van der Waals surface area contributed by atoms with Gasteiger partial charge < -0.3 is 14.5 Å². The third kappa shape index (κ3) is 4.13. The molecule has 32 heavy (non-hydrogen) atoms. The molecule has 0 fully saturated rings. The lowest BCUT2D eigenvalue weighted by molar-refractivity contribution is -0.147. The number of furan rings is 1. The number of anilines is 1. The van der Waals surface area contributed by atoms with Gasteiger partial charge in [-0.25, -0.2) is 4.98 Å². The van der Waals surface area contributed by atoms with Crippen molar-refractivity contribution in [1.29, 1.82) is 0 Å². The van der Waals surface area contributed by atoms with Gasteiger partial charge in [0.25, 0.3) is 5.56 Å². The predicted molar refractivity (Wildman–Crippen MR) is 116 cm³/mol. The molecule has 9 nitrogen and oxygen atoms in total. The zero-order chi connectivity index (χ0) is 22.8. The van der Waals surface area contributed by atoms with E-state index in [0.29, 0.717) is 27.7 Å². The van der Waals surface area contributed by atoms with Gasteiger partial charge in [0.05, 0.1) is 6.33 Å². The number of hydrogen-bond donors (Lipinski definition) is 1. The standard InChI is InChI=1S/C23H19N3O6/c1-13(21(29)15-7-9-16(10-8-15)25-14(2)27)31-19(28)11-26-12-24-20-17-5-3-4-6-18(17)32-22(20)23(26)30/h3-10,12-13H,11H2,1-2H3,(H,25,27). The highest BCUT2D eigenvalue weighted by Gasteiger charge is 2.21. The minimum Gasteiger partial charge on any atom is -0.453 e. The van der Waals surface area contributed by atoms with Crippen LogP contribution < -0.4 is 10.9 Å². The summed E-state index contributed by atoms with van der Waals surface area (Å²) in [4.78, 5) is 52.9. The third-order valence-corrected chi connectivity index (χ3v) is 4.82. The van der Waals surface area contributed by atoms with Gasteiger partial charge in [-0.15, -0.1) is 0 Å². The highest BCUT2D eigenvalue weighted by Crippen LogP contribution is 2.24. The van der Waals surface area contributed by atoms with E-state index in [1.165, 1.54) is 32.3 Å². The fourth-order valence-corrected chi connectivity index (χ4v) is 3.31. The smallest absolute Gasteiger partial charge is 0.326 e. The maximum absolute atomic E-state index is 12.7. The Morgan fingerprint density at radius 1 is 1.12 bits per heavy atom. The molecule has 0 aliphatic rings. The average Bonchev–Trinajstić information content (AvgIpc) is 3.15. The van der Waals surface area contributed by atoms with Crippen molar-refractivity contribution in [3.63, 3.8) is 0 Å². The van der Waals surface area contributed by atoms with Crippen LogP contribution in [0.1, 0.15) is 24.2 Å². The molecule has 2 heterocycles. The highest BCUT2D eigenvalue weighted by molar-refractivity contribution is 6.02. The molecule has 0 spiro atoms. The van der Waals surface area contributed by atoms with Crippen LogP contribution in [0.3, 0.4) is 0 Å². The molecule has 0 aliphatic carbocycles. The minimum atomic E-state index is -1.06. The number of ether oxygens (including phenoxy) is 1. The van der Waals surface area contributed by atoms with Gasteiger partial charge in [0.15, 0.2) is 6.10 Å². The van der Waals surface area contributed by atoms with Crippen molar-refractivity contribution in [3.8, 4) is 0 Å². The van der Waals surface area contributed by atoms with Crippen LogP contribution in [0.5, 0.6) is 0 Å². The summed E-state index contributed by atoms with van der Waals surface area (Å²) in [6, 6.07) is 13.3. The molecule has 9 heteroatoms. The molecule has 0 aliphatic heterocycles. The number of amides is 1. The highest BCUT2D eigenvalue weighted by atomic mass is 16.5. The Morgan fingerprint density at radius 2 is 1.84 bits per heavy atom. The molecule has 162 valence electrons. The van der Waals surface area contributed by atoms with Crippen LogP contribution in [-0.4, -0.2) is 33.3 Å². The van der Waals surface area contributed by atoms with Gasteiger partial charge in [0.1, 0.15) is 17.6 Å². The number of carbonyl (C=O) groups is 3. The number of benzene rings is 2. The van der Waals surface area contributed by atoms with Crippen LogP contribution in [-0.2, 0) is 20.9 Å². The SMILES string of the molecule is CC(=O)Nc1ccc(C(=O)C(C)OC(=O)Cn2cnc3c(oc4ccccc43)c2=O)cc1. The zero-order valence-electron chi connectivity index (χ0n) is 17.3.